The highest BCUT2D eigenvalue weighted by Gasteiger charge is 2.33. The van der Waals surface area contributed by atoms with Crippen LogP contribution < -0.4 is 16.0 Å². The number of rotatable bonds is 8. The molecule has 1 aromatic heterocycles. The van der Waals surface area contributed by atoms with Gasteiger partial charge < -0.3 is 16.0 Å². The Bertz CT molecular complexity index is 671. The summed E-state index contributed by atoms with van der Waals surface area (Å²) in [6, 6.07) is 0.243. The number of hydrogen-bond donors (Lipinski definition) is 3. The third-order valence-electron chi connectivity index (χ3n) is 4.56. The van der Waals surface area contributed by atoms with Crippen molar-refractivity contribution in [3.63, 3.8) is 0 Å². The molecular weight excluding hydrogens is 405 g/mol. The highest BCUT2D eigenvalue weighted by atomic mass is 32.1. The van der Waals surface area contributed by atoms with Gasteiger partial charge in [-0.15, -0.1) is 11.3 Å². The minimum Gasteiger partial charge on any atom is -0.356 e. The molecule has 1 saturated heterocycles. The van der Waals surface area contributed by atoms with Gasteiger partial charge in [-0.1, -0.05) is 6.92 Å². The largest absolute Gasteiger partial charge is 0.434 e. The van der Waals surface area contributed by atoms with E-state index < -0.39 is 11.9 Å². The quantitative estimate of drug-likeness (QED) is 0.430. The number of halogens is 3. The van der Waals surface area contributed by atoms with Crippen molar-refractivity contribution in [1.82, 2.24) is 25.8 Å². The Labute approximate surface area is 173 Å². The summed E-state index contributed by atoms with van der Waals surface area (Å²) in [5, 5.41) is 10.8. The standard InChI is InChI=1S/C18H29F3N6OS/c1-3-7-23-15(28)11-27-9-5-13(6-10-27)25-17(22-2)24-8-4-16-26-14(12-29-16)18(19,20)21/h12-13H,3-11H2,1-2H3,(H,23,28)(H2,22,24,25). The van der Waals surface area contributed by atoms with Gasteiger partial charge in [0.1, 0.15) is 0 Å². The summed E-state index contributed by atoms with van der Waals surface area (Å²) in [6.07, 6.45) is -1.29. The normalized spacial score (nSPS) is 16.7. The molecule has 1 fully saturated rings. The second kappa shape index (κ2) is 11.3. The summed E-state index contributed by atoms with van der Waals surface area (Å²) >= 11 is 1.01. The number of nitrogens with zero attached hydrogens (tertiary/aromatic N) is 3. The molecule has 1 aliphatic heterocycles. The number of carbonyl (C=O) groups is 1. The molecule has 0 spiro atoms. The van der Waals surface area contributed by atoms with Gasteiger partial charge in [-0.3, -0.25) is 14.7 Å². The maximum atomic E-state index is 12.6. The van der Waals surface area contributed by atoms with E-state index in [9.17, 15) is 18.0 Å². The second-order valence-electron chi connectivity index (χ2n) is 6.92. The summed E-state index contributed by atoms with van der Waals surface area (Å²) in [7, 11) is 1.66. The Morgan fingerprint density at radius 3 is 2.62 bits per heavy atom. The van der Waals surface area contributed by atoms with Gasteiger partial charge in [0.15, 0.2) is 11.7 Å². The minimum atomic E-state index is -4.40. The van der Waals surface area contributed by atoms with E-state index in [-0.39, 0.29) is 11.9 Å². The SMILES string of the molecule is CCCNC(=O)CN1CCC(NC(=NC)NCCc2nc(C(F)(F)F)cs2)CC1. The van der Waals surface area contributed by atoms with Crippen molar-refractivity contribution in [1.29, 1.82) is 0 Å². The number of aromatic nitrogens is 1. The molecule has 0 radical (unpaired) electrons. The van der Waals surface area contributed by atoms with Crippen LogP contribution in [0.4, 0.5) is 13.2 Å². The maximum Gasteiger partial charge on any atom is 0.434 e. The highest BCUT2D eigenvalue weighted by molar-refractivity contribution is 7.09. The number of hydrogen-bond acceptors (Lipinski definition) is 5. The zero-order valence-electron chi connectivity index (χ0n) is 16.8. The molecule has 0 atom stereocenters. The molecule has 1 aromatic rings. The van der Waals surface area contributed by atoms with E-state index in [0.717, 1.165) is 49.1 Å². The average Bonchev–Trinajstić information content (AvgIpc) is 3.16. The Morgan fingerprint density at radius 1 is 1.31 bits per heavy atom. The topological polar surface area (TPSA) is 81.7 Å². The first-order valence-electron chi connectivity index (χ1n) is 9.79. The summed E-state index contributed by atoms with van der Waals surface area (Å²) in [5.74, 6) is 0.684. The van der Waals surface area contributed by atoms with Crippen LogP contribution in [0, 0.1) is 0 Å². The van der Waals surface area contributed by atoms with E-state index >= 15 is 0 Å². The summed E-state index contributed by atoms with van der Waals surface area (Å²) < 4.78 is 37.8. The fraction of sp³-hybridized carbons (Fsp3) is 0.722. The molecule has 3 N–H and O–H groups in total. The van der Waals surface area contributed by atoms with E-state index in [0.29, 0.717) is 37.0 Å². The fourth-order valence-electron chi connectivity index (χ4n) is 2.99. The number of likely N-dealkylation sites (tertiary alicyclic amines) is 1. The number of aliphatic imine (C=N–C) groups is 1. The van der Waals surface area contributed by atoms with Crippen molar-refractivity contribution in [3.05, 3.63) is 16.1 Å². The van der Waals surface area contributed by atoms with Crippen molar-refractivity contribution < 1.29 is 18.0 Å². The number of guanidine groups is 1. The molecule has 0 aromatic carbocycles. The van der Waals surface area contributed by atoms with Gasteiger partial charge in [0, 0.05) is 51.1 Å². The summed E-state index contributed by atoms with van der Waals surface area (Å²) in [5.41, 5.74) is -0.838. The number of alkyl halides is 3. The molecule has 0 bridgehead atoms. The molecule has 164 valence electrons. The van der Waals surface area contributed by atoms with Crippen molar-refractivity contribution in [2.45, 2.75) is 44.8 Å². The van der Waals surface area contributed by atoms with Crippen molar-refractivity contribution in [2.24, 2.45) is 4.99 Å². The van der Waals surface area contributed by atoms with Crippen molar-refractivity contribution in [2.75, 3.05) is 39.8 Å². The monoisotopic (exact) mass is 434 g/mol. The Kier molecular flexibility index (Phi) is 9.15. The molecule has 0 aliphatic carbocycles. The van der Waals surface area contributed by atoms with Crippen molar-refractivity contribution >= 4 is 23.2 Å². The number of carbonyl (C=O) groups excluding carboxylic acids is 1. The molecule has 1 aliphatic rings. The molecule has 2 heterocycles. The van der Waals surface area contributed by atoms with Gasteiger partial charge in [0.05, 0.1) is 11.6 Å². The van der Waals surface area contributed by atoms with Crippen LogP contribution in [-0.4, -0.2) is 67.6 Å². The van der Waals surface area contributed by atoms with Crippen molar-refractivity contribution in [3.8, 4) is 0 Å². The summed E-state index contributed by atoms with van der Waals surface area (Å²) in [4.78, 5) is 21.7. The average molecular weight is 435 g/mol. The van der Waals surface area contributed by atoms with E-state index in [1.807, 2.05) is 6.92 Å². The van der Waals surface area contributed by atoms with Crippen LogP contribution in [0.1, 0.15) is 36.9 Å². The molecule has 7 nitrogen and oxygen atoms in total. The van der Waals surface area contributed by atoms with Gasteiger partial charge in [0.2, 0.25) is 5.91 Å². The maximum absolute atomic E-state index is 12.6. The highest BCUT2D eigenvalue weighted by Crippen LogP contribution is 2.29. The van der Waals surface area contributed by atoms with Crippen LogP contribution in [0.3, 0.4) is 0 Å². The Balaban J connectivity index is 1.67. The van der Waals surface area contributed by atoms with E-state index in [1.54, 1.807) is 7.05 Å². The smallest absolute Gasteiger partial charge is 0.356 e. The molecule has 0 unspecified atom stereocenters. The third kappa shape index (κ3) is 8.17. The number of nitrogens with one attached hydrogen (secondary N) is 3. The predicted molar refractivity (Wildman–Crippen MR) is 108 cm³/mol. The first-order valence-corrected chi connectivity index (χ1v) is 10.7. The van der Waals surface area contributed by atoms with Gasteiger partial charge in [0.25, 0.3) is 0 Å². The zero-order chi connectivity index (χ0) is 21.3. The molecule has 11 heteroatoms. The molecule has 1 amide bonds. The lowest BCUT2D eigenvalue weighted by molar-refractivity contribution is -0.140. The lowest BCUT2D eigenvalue weighted by Gasteiger charge is -2.32. The first kappa shape index (κ1) is 23.4. The molecular formula is C18H29F3N6OS. The van der Waals surface area contributed by atoms with Crippen LogP contribution in [0.5, 0.6) is 0 Å². The van der Waals surface area contributed by atoms with Gasteiger partial charge >= 0.3 is 6.18 Å². The zero-order valence-corrected chi connectivity index (χ0v) is 17.6. The summed E-state index contributed by atoms with van der Waals surface area (Å²) in [6.45, 7) is 5.25. The fourth-order valence-corrected chi connectivity index (χ4v) is 3.80. The predicted octanol–water partition coefficient (Wildman–Crippen LogP) is 1.86. The lowest BCUT2D eigenvalue weighted by atomic mass is 10.1. The van der Waals surface area contributed by atoms with Gasteiger partial charge in [-0.05, 0) is 19.3 Å². The van der Waals surface area contributed by atoms with Crippen LogP contribution in [0.2, 0.25) is 0 Å². The van der Waals surface area contributed by atoms with Crippen LogP contribution in [0.15, 0.2) is 10.4 Å². The first-order chi connectivity index (χ1) is 13.8. The van der Waals surface area contributed by atoms with E-state index in [1.165, 1.54) is 0 Å². The molecule has 29 heavy (non-hydrogen) atoms. The Hall–Kier alpha value is -1.88. The van der Waals surface area contributed by atoms with E-state index in [2.05, 4.69) is 30.8 Å². The third-order valence-corrected chi connectivity index (χ3v) is 5.47. The van der Waals surface area contributed by atoms with Gasteiger partial charge in [-0.2, -0.15) is 13.2 Å². The van der Waals surface area contributed by atoms with Crippen LogP contribution in [0.25, 0.3) is 0 Å². The Morgan fingerprint density at radius 2 is 2.03 bits per heavy atom. The number of piperidine rings is 1. The second-order valence-corrected chi connectivity index (χ2v) is 7.86. The number of amides is 1. The number of thiazole rings is 1. The van der Waals surface area contributed by atoms with Gasteiger partial charge in [-0.25, -0.2) is 4.98 Å². The van der Waals surface area contributed by atoms with E-state index in [4.69, 9.17) is 0 Å². The molecule has 0 saturated carbocycles. The van der Waals surface area contributed by atoms with Crippen LogP contribution >= 0.6 is 11.3 Å². The van der Waals surface area contributed by atoms with Crippen LogP contribution in [-0.2, 0) is 17.4 Å². The lowest BCUT2D eigenvalue weighted by Crippen LogP contribution is -2.50. The molecule has 2 rings (SSSR count). The minimum absolute atomic E-state index is 0.0617.